The minimum Gasteiger partial charge on any atom is -0.378 e. The number of fused-ring (bicyclic) bond motifs is 1. The summed E-state index contributed by atoms with van der Waals surface area (Å²) in [7, 11) is 1.73. The van der Waals surface area contributed by atoms with Gasteiger partial charge in [-0.1, -0.05) is 6.58 Å². The lowest BCUT2D eigenvalue weighted by Crippen LogP contribution is -2.25. The SMILES string of the molecule is C=C(CC(C)(C)OC)Nc1nc2ccc(C)nc2n1C1CCC1. The van der Waals surface area contributed by atoms with Gasteiger partial charge in [-0.05, 0) is 52.2 Å². The second kappa shape index (κ2) is 5.96. The highest BCUT2D eigenvalue weighted by molar-refractivity contribution is 5.75. The van der Waals surface area contributed by atoms with Gasteiger partial charge in [0.1, 0.15) is 5.52 Å². The highest BCUT2D eigenvalue weighted by atomic mass is 16.5. The fourth-order valence-electron chi connectivity index (χ4n) is 2.94. The van der Waals surface area contributed by atoms with Crippen molar-refractivity contribution in [2.24, 2.45) is 0 Å². The van der Waals surface area contributed by atoms with E-state index in [0.717, 1.165) is 34.9 Å². The number of anilines is 1. The number of methoxy groups -OCH3 is 1. The third-order valence-electron chi connectivity index (χ3n) is 4.60. The lowest BCUT2D eigenvalue weighted by Gasteiger charge is -2.29. The van der Waals surface area contributed by atoms with Crippen molar-refractivity contribution in [2.75, 3.05) is 12.4 Å². The van der Waals surface area contributed by atoms with E-state index in [9.17, 15) is 0 Å². The van der Waals surface area contributed by atoms with Crippen molar-refractivity contribution in [1.82, 2.24) is 14.5 Å². The lowest BCUT2D eigenvalue weighted by molar-refractivity contribution is 0.0235. The van der Waals surface area contributed by atoms with E-state index < -0.39 is 0 Å². The zero-order valence-electron chi connectivity index (χ0n) is 14.5. The number of nitrogens with zero attached hydrogens (tertiary/aromatic N) is 3. The Balaban J connectivity index is 1.92. The average molecular weight is 314 g/mol. The highest BCUT2D eigenvalue weighted by Gasteiger charge is 2.26. The van der Waals surface area contributed by atoms with E-state index >= 15 is 0 Å². The van der Waals surface area contributed by atoms with E-state index in [-0.39, 0.29) is 5.60 Å². The van der Waals surface area contributed by atoms with Crippen molar-refractivity contribution in [2.45, 2.75) is 58.1 Å². The van der Waals surface area contributed by atoms with Gasteiger partial charge in [-0.15, -0.1) is 0 Å². The monoisotopic (exact) mass is 314 g/mol. The molecule has 23 heavy (non-hydrogen) atoms. The number of ether oxygens (including phenoxy) is 1. The molecular weight excluding hydrogens is 288 g/mol. The lowest BCUT2D eigenvalue weighted by atomic mass is 9.93. The standard InChI is InChI=1S/C18H26N4O/c1-12-9-10-15-16(19-12)22(14-7-6-8-14)17(21-15)20-13(2)11-18(3,4)23-5/h9-10,14H,2,6-8,11H2,1,3-5H3,(H,20,21). The summed E-state index contributed by atoms with van der Waals surface area (Å²) < 4.78 is 7.74. The predicted molar refractivity (Wildman–Crippen MR) is 93.6 cm³/mol. The quantitative estimate of drug-likeness (QED) is 0.868. The fourth-order valence-corrected chi connectivity index (χ4v) is 2.94. The van der Waals surface area contributed by atoms with Crippen LogP contribution in [-0.4, -0.2) is 27.2 Å². The van der Waals surface area contributed by atoms with Gasteiger partial charge in [0, 0.05) is 31.0 Å². The van der Waals surface area contributed by atoms with E-state index in [4.69, 9.17) is 14.7 Å². The van der Waals surface area contributed by atoms with Gasteiger partial charge in [0.2, 0.25) is 5.95 Å². The van der Waals surface area contributed by atoms with Crippen LogP contribution in [0, 0.1) is 6.92 Å². The Kier molecular flexibility index (Phi) is 4.15. The molecule has 1 saturated carbocycles. The number of nitrogens with one attached hydrogen (secondary N) is 1. The zero-order valence-corrected chi connectivity index (χ0v) is 14.5. The molecule has 0 spiro atoms. The van der Waals surface area contributed by atoms with Gasteiger partial charge >= 0.3 is 0 Å². The van der Waals surface area contributed by atoms with Crippen LogP contribution in [0.25, 0.3) is 11.2 Å². The summed E-state index contributed by atoms with van der Waals surface area (Å²) in [6, 6.07) is 4.53. The molecule has 0 aliphatic heterocycles. The van der Waals surface area contributed by atoms with Crippen LogP contribution in [0.1, 0.15) is 51.3 Å². The number of hydrogen-bond acceptors (Lipinski definition) is 4. The minimum absolute atomic E-state index is 0.244. The van der Waals surface area contributed by atoms with Crippen LogP contribution in [0.2, 0.25) is 0 Å². The first kappa shape index (κ1) is 16.0. The van der Waals surface area contributed by atoms with Crippen LogP contribution in [0.4, 0.5) is 5.95 Å². The molecule has 124 valence electrons. The summed E-state index contributed by atoms with van der Waals surface area (Å²) in [6.45, 7) is 10.3. The molecule has 2 aromatic rings. The smallest absolute Gasteiger partial charge is 0.209 e. The van der Waals surface area contributed by atoms with E-state index in [1.165, 1.54) is 19.3 Å². The van der Waals surface area contributed by atoms with Crippen LogP contribution in [0.15, 0.2) is 24.4 Å². The molecule has 2 aromatic heterocycles. The van der Waals surface area contributed by atoms with E-state index in [2.05, 4.69) is 30.3 Å². The molecule has 0 radical (unpaired) electrons. The first-order chi connectivity index (χ1) is 10.9. The van der Waals surface area contributed by atoms with Gasteiger partial charge in [0.05, 0.1) is 5.60 Å². The summed E-state index contributed by atoms with van der Waals surface area (Å²) in [5, 5.41) is 3.40. The Morgan fingerprint density at radius 1 is 1.39 bits per heavy atom. The summed E-state index contributed by atoms with van der Waals surface area (Å²) in [6.07, 6.45) is 4.37. The number of aryl methyl sites for hydroxylation is 1. The zero-order chi connectivity index (χ0) is 16.6. The summed E-state index contributed by atoms with van der Waals surface area (Å²) in [4.78, 5) is 9.44. The third kappa shape index (κ3) is 3.24. The Labute approximate surface area is 137 Å². The second-order valence-corrected chi connectivity index (χ2v) is 7.05. The molecule has 1 N–H and O–H groups in total. The topological polar surface area (TPSA) is 52.0 Å². The van der Waals surface area contributed by atoms with Crippen molar-refractivity contribution in [3.8, 4) is 0 Å². The Morgan fingerprint density at radius 2 is 2.13 bits per heavy atom. The molecule has 1 aliphatic carbocycles. The number of hydrogen-bond donors (Lipinski definition) is 1. The number of imidazole rings is 1. The second-order valence-electron chi connectivity index (χ2n) is 7.05. The molecule has 0 unspecified atom stereocenters. The Morgan fingerprint density at radius 3 is 2.74 bits per heavy atom. The highest BCUT2D eigenvalue weighted by Crippen LogP contribution is 2.37. The summed E-state index contributed by atoms with van der Waals surface area (Å²) >= 11 is 0. The van der Waals surface area contributed by atoms with Gasteiger partial charge in [-0.2, -0.15) is 0 Å². The molecule has 0 bridgehead atoms. The summed E-state index contributed by atoms with van der Waals surface area (Å²) in [5.74, 6) is 0.847. The van der Waals surface area contributed by atoms with Crippen LogP contribution in [0.5, 0.6) is 0 Å². The maximum atomic E-state index is 5.49. The molecule has 1 fully saturated rings. The Bertz CT molecular complexity index is 728. The molecule has 0 atom stereocenters. The molecule has 5 heteroatoms. The molecule has 2 heterocycles. The van der Waals surface area contributed by atoms with E-state index in [1.807, 2.05) is 19.1 Å². The van der Waals surface area contributed by atoms with Crippen LogP contribution >= 0.6 is 0 Å². The number of aromatic nitrogens is 3. The molecular formula is C18H26N4O. The molecule has 3 rings (SSSR count). The van der Waals surface area contributed by atoms with Crippen molar-refractivity contribution in [3.63, 3.8) is 0 Å². The van der Waals surface area contributed by atoms with E-state index in [1.54, 1.807) is 7.11 Å². The number of rotatable bonds is 6. The maximum absolute atomic E-state index is 5.49. The van der Waals surface area contributed by atoms with Gasteiger partial charge in [-0.25, -0.2) is 9.97 Å². The van der Waals surface area contributed by atoms with Crippen molar-refractivity contribution >= 4 is 17.1 Å². The van der Waals surface area contributed by atoms with E-state index in [0.29, 0.717) is 6.04 Å². The number of pyridine rings is 1. The van der Waals surface area contributed by atoms with Crippen LogP contribution in [-0.2, 0) is 4.74 Å². The van der Waals surface area contributed by atoms with Gasteiger partial charge in [-0.3, -0.25) is 4.57 Å². The van der Waals surface area contributed by atoms with Gasteiger partial charge < -0.3 is 10.1 Å². The normalized spacial score (nSPS) is 15.7. The maximum Gasteiger partial charge on any atom is 0.209 e. The molecule has 5 nitrogen and oxygen atoms in total. The fraction of sp³-hybridized carbons (Fsp3) is 0.556. The van der Waals surface area contributed by atoms with Crippen molar-refractivity contribution in [1.29, 1.82) is 0 Å². The summed E-state index contributed by atoms with van der Waals surface area (Å²) in [5.41, 5.74) is 3.58. The minimum atomic E-state index is -0.244. The average Bonchev–Trinajstić information content (AvgIpc) is 2.74. The van der Waals surface area contributed by atoms with Gasteiger partial charge in [0.15, 0.2) is 5.65 Å². The largest absolute Gasteiger partial charge is 0.378 e. The first-order valence-electron chi connectivity index (χ1n) is 8.25. The van der Waals surface area contributed by atoms with Gasteiger partial charge in [0.25, 0.3) is 0 Å². The Hall–Kier alpha value is -1.88. The third-order valence-corrected chi connectivity index (χ3v) is 4.60. The molecule has 0 aromatic carbocycles. The first-order valence-corrected chi connectivity index (χ1v) is 8.25. The predicted octanol–water partition coefficient (Wildman–Crippen LogP) is 4.21. The molecule has 0 amide bonds. The van der Waals surface area contributed by atoms with Crippen LogP contribution < -0.4 is 5.32 Å². The van der Waals surface area contributed by atoms with Crippen molar-refractivity contribution < 1.29 is 4.74 Å². The molecule has 1 aliphatic rings. The van der Waals surface area contributed by atoms with Crippen molar-refractivity contribution in [3.05, 3.63) is 30.1 Å². The molecule has 0 saturated heterocycles. The van der Waals surface area contributed by atoms with Crippen LogP contribution in [0.3, 0.4) is 0 Å².